The summed E-state index contributed by atoms with van der Waals surface area (Å²) >= 11 is 0. The highest BCUT2D eigenvalue weighted by Gasteiger charge is 2.64. The lowest BCUT2D eigenvalue weighted by atomic mass is 9.40. The molecule has 1 heterocycles. The summed E-state index contributed by atoms with van der Waals surface area (Å²) in [6.45, 7) is 12.7. The van der Waals surface area contributed by atoms with E-state index < -0.39 is 11.4 Å². The Kier molecular flexibility index (Phi) is 4.52. The lowest BCUT2D eigenvalue weighted by Gasteiger charge is -2.63. The van der Waals surface area contributed by atoms with Crippen LogP contribution in [0.15, 0.2) is 11.1 Å². The Morgan fingerprint density at radius 1 is 1.14 bits per heavy atom. The van der Waals surface area contributed by atoms with Crippen molar-refractivity contribution in [2.45, 2.75) is 79.6 Å². The first-order valence-electron chi connectivity index (χ1n) is 11.3. The Bertz CT molecular complexity index is 740. The van der Waals surface area contributed by atoms with Crippen LogP contribution < -0.4 is 0 Å². The molecule has 4 aliphatic rings. The first kappa shape index (κ1) is 20.0. The van der Waals surface area contributed by atoms with Crippen LogP contribution in [0.25, 0.3) is 0 Å². The summed E-state index contributed by atoms with van der Waals surface area (Å²) in [6.07, 6.45) is 6.90. The minimum atomic E-state index is -0.622. The van der Waals surface area contributed by atoms with E-state index in [4.69, 9.17) is 0 Å². The van der Waals surface area contributed by atoms with Crippen molar-refractivity contribution in [2.24, 2.45) is 34.0 Å². The van der Waals surface area contributed by atoms with E-state index in [-0.39, 0.29) is 22.7 Å². The fourth-order valence-electron chi connectivity index (χ4n) is 7.98. The zero-order valence-electron chi connectivity index (χ0n) is 18.3. The number of hydrogen-bond acceptors (Lipinski definition) is 2. The van der Waals surface area contributed by atoms with Crippen molar-refractivity contribution < 1.29 is 14.7 Å². The normalized spacial score (nSPS) is 43.1. The Labute approximate surface area is 169 Å². The molecule has 1 amide bonds. The number of aliphatic carboxylic acids is 1. The molecule has 0 radical (unpaired) electrons. The Morgan fingerprint density at radius 3 is 2.50 bits per heavy atom. The van der Waals surface area contributed by atoms with E-state index in [2.05, 4.69) is 32.6 Å². The van der Waals surface area contributed by atoms with Crippen LogP contribution in [0.1, 0.15) is 79.6 Å². The summed E-state index contributed by atoms with van der Waals surface area (Å²) in [5.41, 5.74) is 1.81. The molecular weight excluding hydrogens is 350 g/mol. The van der Waals surface area contributed by atoms with Gasteiger partial charge in [0.25, 0.3) is 5.91 Å². The molecule has 4 heteroatoms. The van der Waals surface area contributed by atoms with Crippen molar-refractivity contribution in [3.8, 4) is 0 Å². The fraction of sp³-hybridized carbons (Fsp3) is 0.833. The predicted molar refractivity (Wildman–Crippen MR) is 110 cm³/mol. The van der Waals surface area contributed by atoms with Crippen LogP contribution in [0.3, 0.4) is 0 Å². The lowest BCUT2D eigenvalue weighted by Crippen LogP contribution is -2.59. The average Bonchev–Trinajstić information content (AvgIpc) is 2.90. The highest BCUT2D eigenvalue weighted by Crippen LogP contribution is 2.69. The summed E-state index contributed by atoms with van der Waals surface area (Å²) in [5, 5.41) is 10.1. The Morgan fingerprint density at radius 2 is 1.86 bits per heavy atom. The molecule has 1 aliphatic heterocycles. The average molecular weight is 388 g/mol. The number of nitrogens with zero attached hydrogens (tertiary/aromatic N) is 1. The second-order valence-corrected chi connectivity index (χ2v) is 11.2. The van der Waals surface area contributed by atoms with Gasteiger partial charge in [-0.2, -0.15) is 0 Å². The van der Waals surface area contributed by atoms with Gasteiger partial charge in [-0.15, -0.1) is 0 Å². The van der Waals surface area contributed by atoms with Crippen LogP contribution in [0.4, 0.5) is 0 Å². The van der Waals surface area contributed by atoms with Gasteiger partial charge in [0.1, 0.15) is 0 Å². The largest absolute Gasteiger partial charge is 0.481 e. The second-order valence-electron chi connectivity index (χ2n) is 11.2. The zero-order valence-corrected chi connectivity index (χ0v) is 18.3. The summed E-state index contributed by atoms with van der Waals surface area (Å²) in [6, 6.07) is 0. The molecule has 4 rings (SSSR count). The summed E-state index contributed by atoms with van der Waals surface area (Å²) in [5.74, 6) is 0.767. The summed E-state index contributed by atoms with van der Waals surface area (Å²) < 4.78 is 0. The molecule has 0 aromatic heterocycles. The van der Waals surface area contributed by atoms with Crippen LogP contribution in [-0.4, -0.2) is 35.0 Å². The molecule has 0 aromatic carbocycles. The van der Waals surface area contributed by atoms with Crippen molar-refractivity contribution >= 4 is 11.9 Å². The Hall–Kier alpha value is -1.32. The number of carbonyl (C=O) groups is 2. The van der Waals surface area contributed by atoms with Gasteiger partial charge in [0, 0.05) is 24.1 Å². The number of fused-ring (bicyclic) bond motifs is 4. The third-order valence-electron chi connectivity index (χ3n) is 9.11. The van der Waals surface area contributed by atoms with E-state index in [1.165, 1.54) is 5.57 Å². The zero-order chi connectivity index (χ0) is 20.5. The van der Waals surface area contributed by atoms with Crippen molar-refractivity contribution in [3.05, 3.63) is 11.1 Å². The maximum Gasteiger partial charge on any atom is 0.309 e. The fourth-order valence-corrected chi connectivity index (χ4v) is 7.98. The van der Waals surface area contributed by atoms with E-state index in [1.807, 2.05) is 6.92 Å². The molecular formula is C24H37NO3. The van der Waals surface area contributed by atoms with Crippen molar-refractivity contribution in [1.29, 1.82) is 0 Å². The molecule has 0 saturated heterocycles. The monoisotopic (exact) mass is 387 g/mol. The molecule has 1 N–H and O–H groups in total. The first-order chi connectivity index (χ1) is 13.0. The van der Waals surface area contributed by atoms with E-state index in [0.29, 0.717) is 11.8 Å². The van der Waals surface area contributed by atoms with E-state index in [0.717, 1.165) is 63.6 Å². The van der Waals surface area contributed by atoms with Crippen molar-refractivity contribution in [2.75, 3.05) is 13.1 Å². The van der Waals surface area contributed by atoms with Gasteiger partial charge in [0.05, 0.1) is 5.41 Å². The number of carboxylic acid groups (broad SMARTS) is 1. The number of amides is 1. The molecule has 3 aliphatic carbocycles. The first-order valence-corrected chi connectivity index (χ1v) is 11.3. The number of hydrogen-bond donors (Lipinski definition) is 1. The molecule has 0 bridgehead atoms. The molecule has 4 nitrogen and oxygen atoms in total. The number of rotatable bonds is 3. The second kappa shape index (κ2) is 6.34. The highest BCUT2D eigenvalue weighted by molar-refractivity contribution is 5.98. The SMILES string of the molecule is CC(C)CN1CC2=C(C1=O)C1(C)CCC3C(C)(C(=O)O)CCCC3(C)C1CC2. The molecule has 0 aromatic rings. The third-order valence-corrected chi connectivity index (χ3v) is 9.11. The van der Waals surface area contributed by atoms with Gasteiger partial charge in [-0.25, -0.2) is 0 Å². The van der Waals surface area contributed by atoms with E-state index in [9.17, 15) is 14.7 Å². The van der Waals surface area contributed by atoms with Crippen LogP contribution in [0, 0.1) is 34.0 Å². The standard InChI is InChI=1S/C24H37NO3/c1-15(2)13-25-14-16-7-8-17-22(3)10-6-11-24(5,21(27)28)18(22)9-12-23(17,4)19(16)20(25)26/h15,17-18H,6-14H2,1-5H3,(H,27,28). The van der Waals surface area contributed by atoms with E-state index >= 15 is 0 Å². The van der Waals surface area contributed by atoms with Gasteiger partial charge in [-0.05, 0) is 74.2 Å². The number of carbonyl (C=O) groups excluding carboxylic acids is 1. The maximum atomic E-state index is 13.4. The molecule has 2 saturated carbocycles. The predicted octanol–water partition coefficient (Wildman–Crippen LogP) is 4.89. The summed E-state index contributed by atoms with van der Waals surface area (Å²) in [7, 11) is 0. The van der Waals surface area contributed by atoms with Gasteiger partial charge in [-0.1, -0.05) is 34.1 Å². The van der Waals surface area contributed by atoms with Gasteiger partial charge >= 0.3 is 5.97 Å². The van der Waals surface area contributed by atoms with Gasteiger partial charge in [0.2, 0.25) is 0 Å². The van der Waals surface area contributed by atoms with Crippen LogP contribution >= 0.6 is 0 Å². The molecule has 2 fully saturated rings. The molecule has 5 atom stereocenters. The van der Waals surface area contributed by atoms with Gasteiger partial charge in [0.15, 0.2) is 0 Å². The minimum Gasteiger partial charge on any atom is -0.481 e. The minimum absolute atomic E-state index is 0.0165. The van der Waals surface area contributed by atoms with Crippen LogP contribution in [-0.2, 0) is 9.59 Å². The third kappa shape index (κ3) is 2.55. The maximum absolute atomic E-state index is 13.4. The molecule has 0 spiro atoms. The lowest BCUT2D eigenvalue weighted by molar-refractivity contribution is -0.175. The highest BCUT2D eigenvalue weighted by atomic mass is 16.4. The quantitative estimate of drug-likeness (QED) is 0.750. The Balaban J connectivity index is 1.70. The van der Waals surface area contributed by atoms with Crippen LogP contribution in [0.2, 0.25) is 0 Å². The molecule has 156 valence electrons. The summed E-state index contributed by atoms with van der Waals surface area (Å²) in [4.78, 5) is 27.7. The number of carboxylic acids is 1. The molecule has 28 heavy (non-hydrogen) atoms. The van der Waals surface area contributed by atoms with E-state index in [1.54, 1.807) is 0 Å². The topological polar surface area (TPSA) is 57.6 Å². The van der Waals surface area contributed by atoms with Crippen molar-refractivity contribution in [1.82, 2.24) is 4.90 Å². The van der Waals surface area contributed by atoms with Crippen molar-refractivity contribution in [3.63, 3.8) is 0 Å². The van der Waals surface area contributed by atoms with Gasteiger partial charge < -0.3 is 10.0 Å². The van der Waals surface area contributed by atoms with Crippen LogP contribution in [0.5, 0.6) is 0 Å². The van der Waals surface area contributed by atoms with Gasteiger partial charge in [-0.3, -0.25) is 9.59 Å². The smallest absolute Gasteiger partial charge is 0.309 e. The molecule has 5 unspecified atom stereocenters.